The largest absolute Gasteiger partial charge is 0.294 e. The Morgan fingerprint density at radius 1 is 1.11 bits per heavy atom. The second-order valence-electron chi connectivity index (χ2n) is 4.30. The third kappa shape index (κ3) is 2.39. The maximum absolute atomic E-state index is 12.2. The molecule has 1 atom stereocenters. The van der Waals surface area contributed by atoms with E-state index in [1.807, 2.05) is 30.3 Å². The molecule has 0 amide bonds. The van der Waals surface area contributed by atoms with E-state index in [0.29, 0.717) is 22.6 Å². The fourth-order valence-electron chi connectivity index (χ4n) is 2.00. The van der Waals surface area contributed by atoms with Gasteiger partial charge < -0.3 is 0 Å². The van der Waals surface area contributed by atoms with E-state index in [1.165, 1.54) is 5.55 Å². The van der Waals surface area contributed by atoms with Crippen molar-refractivity contribution in [3.05, 3.63) is 59.7 Å². The molecule has 2 aromatic rings. The first-order chi connectivity index (χ1) is 9.24. The maximum atomic E-state index is 12.2. The fourth-order valence-corrected chi connectivity index (χ4v) is 2.89. The van der Waals surface area contributed by atoms with Gasteiger partial charge in [-0.3, -0.25) is 4.79 Å². The Kier molecular flexibility index (Phi) is 3.09. The number of rotatable bonds is 3. The van der Waals surface area contributed by atoms with Crippen molar-refractivity contribution < 1.29 is 9.00 Å². The summed E-state index contributed by atoms with van der Waals surface area (Å²) in [5, 5.41) is 0. The van der Waals surface area contributed by atoms with Crippen molar-refractivity contribution in [1.82, 2.24) is 0 Å². The average molecular weight is 269 g/mol. The molecule has 1 heterocycles. The van der Waals surface area contributed by atoms with Gasteiger partial charge in [0.25, 0.3) is 0 Å². The maximum Gasteiger partial charge on any atom is 0.167 e. The first-order valence-corrected chi connectivity index (χ1v) is 7.11. The smallest absolute Gasteiger partial charge is 0.167 e. The Balaban J connectivity index is 1.86. The normalized spacial score (nSPS) is 16.3. The molecule has 19 heavy (non-hydrogen) atoms. The van der Waals surface area contributed by atoms with Crippen LogP contribution in [0, 0.1) is 0 Å². The summed E-state index contributed by atoms with van der Waals surface area (Å²) < 4.78 is 11.6. The number of benzene rings is 2. The number of fused-ring (bicyclic) bond motifs is 1. The molecule has 0 saturated carbocycles. The molecule has 1 aliphatic rings. The standard InChI is InChI=1S/C15H11NO2S/c17-14(8-11-4-2-1-3-5-11)12-6-7-13-15(9-12)19(18)10-16-13/h1-7,9-10H,8H2. The van der Waals surface area contributed by atoms with Crippen molar-refractivity contribution in [2.24, 2.45) is 4.99 Å². The van der Waals surface area contributed by atoms with Crippen LogP contribution in [0.25, 0.3) is 0 Å². The monoisotopic (exact) mass is 269 g/mol. The summed E-state index contributed by atoms with van der Waals surface area (Å²) in [6, 6.07) is 14.8. The molecule has 0 saturated heterocycles. The van der Waals surface area contributed by atoms with Gasteiger partial charge in [0.2, 0.25) is 0 Å². The Morgan fingerprint density at radius 2 is 1.89 bits per heavy atom. The van der Waals surface area contributed by atoms with Crippen LogP contribution in [0.2, 0.25) is 0 Å². The molecule has 1 unspecified atom stereocenters. The molecule has 2 aromatic carbocycles. The summed E-state index contributed by atoms with van der Waals surface area (Å²) in [4.78, 5) is 16.8. The van der Waals surface area contributed by atoms with E-state index >= 15 is 0 Å². The number of Topliss-reactive ketones (excluding diaryl/α,β-unsaturated/α-hetero) is 1. The van der Waals surface area contributed by atoms with Crippen LogP contribution in [0.15, 0.2) is 58.4 Å². The van der Waals surface area contributed by atoms with Crippen LogP contribution in [-0.2, 0) is 17.2 Å². The molecule has 0 fully saturated rings. The minimum atomic E-state index is -1.21. The summed E-state index contributed by atoms with van der Waals surface area (Å²) >= 11 is 0. The molecule has 0 aromatic heterocycles. The first-order valence-electron chi connectivity index (χ1n) is 5.90. The van der Waals surface area contributed by atoms with Gasteiger partial charge in [-0.2, -0.15) is 0 Å². The molecule has 94 valence electrons. The lowest BCUT2D eigenvalue weighted by Gasteiger charge is -2.03. The van der Waals surface area contributed by atoms with Gasteiger partial charge in [-0.05, 0) is 23.8 Å². The zero-order chi connectivity index (χ0) is 13.2. The van der Waals surface area contributed by atoms with Crippen molar-refractivity contribution in [2.75, 3.05) is 0 Å². The number of aliphatic imine (C=N–C) groups is 1. The molecule has 4 heteroatoms. The van der Waals surface area contributed by atoms with Crippen LogP contribution in [-0.4, -0.2) is 15.5 Å². The lowest BCUT2D eigenvalue weighted by Crippen LogP contribution is -2.04. The summed E-state index contributed by atoms with van der Waals surface area (Å²) in [7, 11) is -1.21. The van der Waals surface area contributed by atoms with Crippen molar-refractivity contribution in [1.29, 1.82) is 0 Å². The topological polar surface area (TPSA) is 46.5 Å². The quantitative estimate of drug-likeness (QED) is 0.804. The Labute approximate surface area is 113 Å². The number of hydrogen-bond donors (Lipinski definition) is 0. The van der Waals surface area contributed by atoms with E-state index in [-0.39, 0.29) is 5.78 Å². The van der Waals surface area contributed by atoms with Gasteiger partial charge >= 0.3 is 0 Å². The molecule has 3 nitrogen and oxygen atoms in total. The van der Waals surface area contributed by atoms with E-state index in [2.05, 4.69) is 4.99 Å². The van der Waals surface area contributed by atoms with Crippen molar-refractivity contribution >= 4 is 27.8 Å². The molecule has 0 aliphatic carbocycles. The van der Waals surface area contributed by atoms with Gasteiger partial charge in [-0.15, -0.1) is 0 Å². The van der Waals surface area contributed by atoms with E-state index in [9.17, 15) is 9.00 Å². The molecule has 3 rings (SSSR count). The molecule has 0 N–H and O–H groups in total. The van der Waals surface area contributed by atoms with Crippen LogP contribution < -0.4 is 0 Å². The second kappa shape index (κ2) is 4.90. The number of carbonyl (C=O) groups excluding carboxylic acids is 1. The molecule has 0 radical (unpaired) electrons. The van der Waals surface area contributed by atoms with Crippen molar-refractivity contribution in [3.63, 3.8) is 0 Å². The number of nitrogens with zero attached hydrogens (tertiary/aromatic N) is 1. The number of ketones is 1. The average Bonchev–Trinajstić information content (AvgIpc) is 2.81. The van der Waals surface area contributed by atoms with E-state index in [1.54, 1.807) is 18.2 Å². The summed E-state index contributed by atoms with van der Waals surface area (Å²) in [6.45, 7) is 0. The SMILES string of the molecule is O=C(Cc1ccccc1)c1ccc2c(c1)S(=O)C=N2. The summed E-state index contributed by atoms with van der Waals surface area (Å²) in [6.07, 6.45) is 0.354. The first kappa shape index (κ1) is 12.0. The highest BCUT2D eigenvalue weighted by atomic mass is 32.2. The molecule has 1 aliphatic heterocycles. The Hall–Kier alpha value is -2.07. The lowest BCUT2D eigenvalue weighted by atomic mass is 10.0. The molecular weight excluding hydrogens is 258 g/mol. The second-order valence-corrected chi connectivity index (χ2v) is 5.55. The zero-order valence-corrected chi connectivity index (χ0v) is 10.9. The minimum absolute atomic E-state index is 0.0258. The van der Waals surface area contributed by atoms with Crippen molar-refractivity contribution in [2.45, 2.75) is 11.3 Å². The van der Waals surface area contributed by atoms with Crippen LogP contribution in [0.5, 0.6) is 0 Å². The zero-order valence-electron chi connectivity index (χ0n) is 10.1. The molecule has 0 bridgehead atoms. The van der Waals surface area contributed by atoms with Gasteiger partial charge in [-0.25, -0.2) is 9.20 Å². The van der Waals surface area contributed by atoms with Crippen LogP contribution in [0.3, 0.4) is 0 Å². The van der Waals surface area contributed by atoms with Gasteiger partial charge in [0.15, 0.2) is 5.78 Å². The number of carbonyl (C=O) groups is 1. The van der Waals surface area contributed by atoms with E-state index in [4.69, 9.17) is 0 Å². The fraction of sp³-hybridized carbons (Fsp3) is 0.0667. The van der Waals surface area contributed by atoms with Crippen LogP contribution >= 0.6 is 0 Å². The Bertz CT molecular complexity index is 693. The van der Waals surface area contributed by atoms with Gasteiger partial charge in [0.1, 0.15) is 0 Å². The molecule has 0 spiro atoms. The van der Waals surface area contributed by atoms with Gasteiger partial charge in [0, 0.05) is 12.0 Å². The van der Waals surface area contributed by atoms with Crippen LogP contribution in [0.4, 0.5) is 5.69 Å². The summed E-state index contributed by atoms with van der Waals surface area (Å²) in [5.41, 5.74) is 3.65. The van der Waals surface area contributed by atoms with E-state index < -0.39 is 10.8 Å². The lowest BCUT2D eigenvalue weighted by molar-refractivity contribution is 0.0993. The third-order valence-electron chi connectivity index (χ3n) is 2.99. The van der Waals surface area contributed by atoms with Gasteiger partial charge in [-0.1, -0.05) is 30.3 Å². The van der Waals surface area contributed by atoms with E-state index in [0.717, 1.165) is 5.56 Å². The number of hydrogen-bond acceptors (Lipinski definition) is 3. The predicted octanol–water partition coefficient (Wildman–Crippen LogP) is 2.89. The Morgan fingerprint density at radius 3 is 2.68 bits per heavy atom. The minimum Gasteiger partial charge on any atom is -0.294 e. The highest BCUT2D eigenvalue weighted by Gasteiger charge is 2.16. The molecular formula is C15H11NO2S. The third-order valence-corrected chi connectivity index (χ3v) is 4.05. The highest BCUT2D eigenvalue weighted by Crippen LogP contribution is 2.28. The van der Waals surface area contributed by atoms with Crippen molar-refractivity contribution in [3.8, 4) is 0 Å². The van der Waals surface area contributed by atoms with Crippen LogP contribution in [0.1, 0.15) is 15.9 Å². The highest BCUT2D eigenvalue weighted by molar-refractivity contribution is 7.99. The predicted molar refractivity (Wildman–Crippen MR) is 75.5 cm³/mol. The summed E-state index contributed by atoms with van der Waals surface area (Å²) in [5.74, 6) is 0.0258. The van der Waals surface area contributed by atoms with Gasteiger partial charge in [0.05, 0.1) is 26.9 Å².